The number of nitrogens with one attached hydrogen (secondary N) is 1. The van der Waals surface area contributed by atoms with E-state index in [0.29, 0.717) is 6.42 Å². The number of hydrogen-bond acceptors (Lipinski definition) is 4. The van der Waals surface area contributed by atoms with Gasteiger partial charge in [0.2, 0.25) is 11.9 Å². The normalized spacial score (nSPS) is 26.6. The minimum atomic E-state index is -0.705. The molecular weight excluding hydrogens is 174 g/mol. The number of amides is 1. The SMILES string of the molecule is Cl.NNC(=O)C1CC1[N+](=O)[O-]. The maximum atomic E-state index is 10.5. The Morgan fingerprint density at radius 3 is 2.55 bits per heavy atom. The van der Waals surface area contributed by atoms with Gasteiger partial charge in [0.1, 0.15) is 5.92 Å². The maximum absolute atomic E-state index is 10.5. The van der Waals surface area contributed by atoms with Crippen molar-refractivity contribution in [1.29, 1.82) is 0 Å². The van der Waals surface area contributed by atoms with E-state index in [-0.39, 0.29) is 12.4 Å². The van der Waals surface area contributed by atoms with Crippen molar-refractivity contribution in [3.05, 3.63) is 10.1 Å². The summed E-state index contributed by atoms with van der Waals surface area (Å²) in [6, 6.07) is -0.705. The monoisotopic (exact) mass is 181 g/mol. The van der Waals surface area contributed by atoms with E-state index in [1.165, 1.54) is 0 Å². The van der Waals surface area contributed by atoms with Crippen LogP contribution in [0.3, 0.4) is 0 Å². The van der Waals surface area contributed by atoms with Crippen molar-refractivity contribution in [3.63, 3.8) is 0 Å². The minimum absolute atomic E-state index is 0. The lowest BCUT2D eigenvalue weighted by Gasteiger charge is -1.91. The Bertz CT molecular complexity index is 185. The molecule has 6 nitrogen and oxygen atoms in total. The van der Waals surface area contributed by atoms with Gasteiger partial charge in [-0.3, -0.25) is 20.3 Å². The number of halogens is 1. The van der Waals surface area contributed by atoms with Crippen LogP contribution in [-0.2, 0) is 4.79 Å². The van der Waals surface area contributed by atoms with Gasteiger partial charge in [-0.2, -0.15) is 0 Å². The lowest BCUT2D eigenvalue weighted by atomic mass is 10.4. The topological polar surface area (TPSA) is 98.3 Å². The Morgan fingerprint density at radius 1 is 1.73 bits per heavy atom. The molecule has 0 aliphatic heterocycles. The van der Waals surface area contributed by atoms with Gasteiger partial charge >= 0.3 is 0 Å². The van der Waals surface area contributed by atoms with Gasteiger partial charge < -0.3 is 0 Å². The number of hydrazine groups is 1. The summed E-state index contributed by atoms with van der Waals surface area (Å²) in [5.41, 5.74) is 1.87. The van der Waals surface area contributed by atoms with E-state index in [1.54, 1.807) is 0 Å². The molecule has 1 aliphatic rings. The first-order valence-electron chi connectivity index (χ1n) is 2.80. The number of nitrogens with zero attached hydrogens (tertiary/aromatic N) is 1. The third-order valence-corrected chi connectivity index (χ3v) is 1.51. The zero-order chi connectivity index (χ0) is 7.72. The van der Waals surface area contributed by atoms with Crippen molar-refractivity contribution in [3.8, 4) is 0 Å². The average Bonchev–Trinajstić information content (AvgIpc) is 2.64. The van der Waals surface area contributed by atoms with Crippen molar-refractivity contribution in [2.24, 2.45) is 11.8 Å². The Hall–Kier alpha value is -0.880. The molecular formula is C4H8ClN3O3. The fraction of sp³-hybridized carbons (Fsp3) is 0.750. The van der Waals surface area contributed by atoms with Crippen LogP contribution in [0.2, 0.25) is 0 Å². The molecule has 1 saturated carbocycles. The number of hydrogen-bond donors (Lipinski definition) is 2. The molecule has 0 aromatic heterocycles. The van der Waals surface area contributed by atoms with Crippen LogP contribution in [0.4, 0.5) is 0 Å². The van der Waals surface area contributed by atoms with Crippen LogP contribution in [0.15, 0.2) is 0 Å². The van der Waals surface area contributed by atoms with Gasteiger partial charge in [0.25, 0.3) is 0 Å². The lowest BCUT2D eigenvalue weighted by Crippen LogP contribution is -2.32. The molecule has 0 radical (unpaired) electrons. The largest absolute Gasteiger partial charge is 0.294 e. The van der Waals surface area contributed by atoms with E-state index in [1.807, 2.05) is 5.43 Å². The van der Waals surface area contributed by atoms with Gasteiger partial charge in [-0.25, -0.2) is 5.84 Å². The Kier molecular flexibility index (Phi) is 3.21. The number of carbonyl (C=O) groups excluding carboxylic acids is 1. The zero-order valence-electron chi connectivity index (χ0n) is 5.52. The van der Waals surface area contributed by atoms with Crippen LogP contribution in [0.1, 0.15) is 6.42 Å². The van der Waals surface area contributed by atoms with Gasteiger partial charge in [0.05, 0.1) is 0 Å². The molecule has 11 heavy (non-hydrogen) atoms. The summed E-state index contributed by atoms with van der Waals surface area (Å²) in [5.74, 6) is 3.81. The Balaban J connectivity index is 0.000001000. The highest BCUT2D eigenvalue weighted by molar-refractivity contribution is 5.85. The molecule has 0 bridgehead atoms. The summed E-state index contributed by atoms with van der Waals surface area (Å²) < 4.78 is 0. The zero-order valence-corrected chi connectivity index (χ0v) is 6.34. The molecule has 0 spiro atoms. The van der Waals surface area contributed by atoms with Crippen molar-refractivity contribution in [2.75, 3.05) is 0 Å². The Labute approximate surface area is 68.7 Å². The predicted molar refractivity (Wildman–Crippen MR) is 38.5 cm³/mol. The summed E-state index contributed by atoms with van der Waals surface area (Å²) in [5, 5.41) is 9.98. The third-order valence-electron chi connectivity index (χ3n) is 1.51. The third kappa shape index (κ3) is 2.02. The summed E-state index contributed by atoms with van der Waals surface area (Å²) in [6.07, 6.45) is 0.316. The quantitative estimate of drug-likeness (QED) is 0.249. The molecule has 1 fully saturated rings. The van der Waals surface area contributed by atoms with Crippen molar-refractivity contribution >= 4 is 18.3 Å². The second-order valence-electron chi connectivity index (χ2n) is 2.20. The highest BCUT2D eigenvalue weighted by atomic mass is 35.5. The molecule has 0 heterocycles. The summed E-state index contributed by atoms with van der Waals surface area (Å²) in [4.78, 5) is 20.1. The molecule has 64 valence electrons. The number of nitro groups is 1. The molecule has 2 atom stereocenters. The second kappa shape index (κ2) is 3.49. The average molecular weight is 182 g/mol. The van der Waals surface area contributed by atoms with Crippen LogP contribution in [0.5, 0.6) is 0 Å². The van der Waals surface area contributed by atoms with E-state index in [9.17, 15) is 14.9 Å². The Morgan fingerprint density at radius 2 is 2.27 bits per heavy atom. The van der Waals surface area contributed by atoms with E-state index in [0.717, 1.165) is 0 Å². The molecule has 0 saturated heterocycles. The molecule has 0 aromatic carbocycles. The van der Waals surface area contributed by atoms with Crippen LogP contribution in [-0.4, -0.2) is 16.9 Å². The molecule has 1 rings (SSSR count). The highest BCUT2D eigenvalue weighted by Gasteiger charge is 2.53. The van der Waals surface area contributed by atoms with E-state index in [2.05, 4.69) is 0 Å². The summed E-state index contributed by atoms with van der Waals surface area (Å²) >= 11 is 0. The molecule has 0 aromatic rings. The van der Waals surface area contributed by atoms with Crippen LogP contribution in [0.25, 0.3) is 0 Å². The number of nitrogens with two attached hydrogens (primary N) is 1. The summed E-state index contributed by atoms with van der Waals surface area (Å²) in [6.45, 7) is 0. The lowest BCUT2D eigenvalue weighted by molar-refractivity contribution is -0.497. The van der Waals surface area contributed by atoms with E-state index >= 15 is 0 Å². The van der Waals surface area contributed by atoms with Crippen molar-refractivity contribution in [2.45, 2.75) is 12.5 Å². The first-order chi connectivity index (χ1) is 4.66. The summed E-state index contributed by atoms with van der Waals surface area (Å²) in [7, 11) is 0. The van der Waals surface area contributed by atoms with Crippen LogP contribution in [0, 0.1) is 16.0 Å². The van der Waals surface area contributed by atoms with Crippen LogP contribution >= 0.6 is 12.4 Å². The van der Waals surface area contributed by atoms with Gasteiger partial charge in [-0.1, -0.05) is 0 Å². The fourth-order valence-electron chi connectivity index (χ4n) is 0.803. The second-order valence-corrected chi connectivity index (χ2v) is 2.20. The van der Waals surface area contributed by atoms with E-state index in [4.69, 9.17) is 5.84 Å². The number of carbonyl (C=O) groups is 1. The number of rotatable bonds is 2. The van der Waals surface area contributed by atoms with Gasteiger partial charge in [-0.15, -0.1) is 12.4 Å². The smallest absolute Gasteiger partial charge is 0.244 e. The molecule has 3 N–H and O–H groups in total. The fourth-order valence-corrected chi connectivity index (χ4v) is 0.803. The highest BCUT2D eigenvalue weighted by Crippen LogP contribution is 2.32. The van der Waals surface area contributed by atoms with Gasteiger partial charge in [0, 0.05) is 11.3 Å². The van der Waals surface area contributed by atoms with Crippen molar-refractivity contribution in [1.82, 2.24) is 5.43 Å². The minimum Gasteiger partial charge on any atom is -0.294 e. The predicted octanol–water partition coefficient (Wildman–Crippen LogP) is -0.937. The van der Waals surface area contributed by atoms with Gasteiger partial charge in [0.15, 0.2) is 0 Å². The molecule has 1 amide bonds. The first-order valence-corrected chi connectivity index (χ1v) is 2.80. The van der Waals surface area contributed by atoms with Crippen LogP contribution < -0.4 is 11.3 Å². The maximum Gasteiger partial charge on any atom is 0.244 e. The standard InChI is InChI=1S/C4H7N3O3.ClH/c5-6-4(8)2-1-3(2)7(9)10;/h2-3H,1,5H2,(H,6,8);1H. The molecule has 2 unspecified atom stereocenters. The van der Waals surface area contributed by atoms with E-state index < -0.39 is 22.8 Å². The molecule has 1 aliphatic carbocycles. The van der Waals surface area contributed by atoms with Gasteiger partial charge in [-0.05, 0) is 0 Å². The molecule has 7 heteroatoms. The first kappa shape index (κ1) is 10.1. The van der Waals surface area contributed by atoms with Crippen molar-refractivity contribution < 1.29 is 9.72 Å².